The summed E-state index contributed by atoms with van der Waals surface area (Å²) >= 11 is 0.825. The van der Waals surface area contributed by atoms with Gasteiger partial charge in [-0.3, -0.25) is 4.72 Å². The van der Waals surface area contributed by atoms with Crippen LogP contribution in [-0.4, -0.2) is 31.6 Å². The quantitative estimate of drug-likeness (QED) is 0.800. The minimum Gasteiger partial charge on any atom is -0.464 e. The fourth-order valence-electron chi connectivity index (χ4n) is 1.54. The highest BCUT2D eigenvalue weighted by Gasteiger charge is 2.26. The van der Waals surface area contributed by atoms with Crippen LogP contribution in [0.5, 0.6) is 0 Å². The first-order chi connectivity index (χ1) is 9.97. The summed E-state index contributed by atoms with van der Waals surface area (Å²) in [6, 6.07) is 6.21. The number of nitrogens with one attached hydrogen (secondary N) is 1. The third kappa shape index (κ3) is 3.38. The molecular weight excluding hydrogens is 316 g/mol. The molecule has 0 radical (unpaired) electrons. The van der Waals surface area contributed by atoms with Gasteiger partial charge in [-0.25, -0.2) is 18.2 Å². The van der Waals surface area contributed by atoms with Crippen LogP contribution in [0.2, 0.25) is 0 Å². The monoisotopic (exact) mass is 328 g/mol. The molecule has 7 nitrogen and oxygen atoms in total. The average Bonchev–Trinajstić information content (AvgIpc) is 2.97. The second kappa shape index (κ2) is 6.20. The van der Waals surface area contributed by atoms with E-state index in [0.29, 0.717) is 11.3 Å². The number of hydrogen-bond acceptors (Lipinski definition) is 7. The Labute approximate surface area is 125 Å². The van der Waals surface area contributed by atoms with Gasteiger partial charge in [-0.05, 0) is 17.7 Å². The number of hydrogen-bond donors (Lipinski definition) is 2. The number of aromatic nitrogens is 1. The standard InChI is InChI=1S/C12H12N2O5S2/c1-19-11(16)10-12(20-7-13-10)21(17,18)14-9-4-2-8(6-15)3-5-9/h2-5,7,14-15H,6H2,1H3. The predicted molar refractivity (Wildman–Crippen MR) is 76.6 cm³/mol. The van der Waals surface area contributed by atoms with Crippen molar-refractivity contribution in [2.45, 2.75) is 10.8 Å². The van der Waals surface area contributed by atoms with Crippen LogP contribution >= 0.6 is 11.3 Å². The van der Waals surface area contributed by atoms with E-state index in [0.717, 1.165) is 18.4 Å². The molecule has 2 rings (SSSR count). The molecule has 0 aliphatic carbocycles. The predicted octanol–water partition coefficient (Wildman–Crippen LogP) is 1.22. The first-order valence-electron chi connectivity index (χ1n) is 5.72. The third-order valence-corrected chi connectivity index (χ3v) is 5.30. The van der Waals surface area contributed by atoms with Crippen LogP contribution in [-0.2, 0) is 21.4 Å². The zero-order valence-corrected chi connectivity index (χ0v) is 12.6. The molecule has 0 saturated carbocycles. The molecule has 9 heteroatoms. The van der Waals surface area contributed by atoms with Crippen molar-refractivity contribution in [2.75, 3.05) is 11.8 Å². The van der Waals surface area contributed by atoms with Gasteiger partial charge in [-0.15, -0.1) is 11.3 Å². The van der Waals surface area contributed by atoms with Crippen LogP contribution in [0.4, 0.5) is 5.69 Å². The van der Waals surface area contributed by atoms with E-state index in [1.54, 1.807) is 12.1 Å². The highest BCUT2D eigenvalue weighted by atomic mass is 32.2. The van der Waals surface area contributed by atoms with Crippen molar-refractivity contribution in [1.82, 2.24) is 4.98 Å². The number of methoxy groups -OCH3 is 1. The number of sulfonamides is 1. The summed E-state index contributed by atoms with van der Waals surface area (Å²) in [6.07, 6.45) is 0. The Kier molecular flexibility index (Phi) is 4.56. The van der Waals surface area contributed by atoms with Gasteiger partial charge in [0.25, 0.3) is 10.0 Å². The number of ether oxygens (including phenoxy) is 1. The van der Waals surface area contributed by atoms with Crippen molar-refractivity contribution >= 4 is 33.0 Å². The minimum absolute atomic E-state index is 0.131. The Bertz CT molecular complexity index is 737. The normalized spacial score (nSPS) is 11.1. The first kappa shape index (κ1) is 15.4. The molecule has 112 valence electrons. The molecule has 0 bridgehead atoms. The van der Waals surface area contributed by atoms with E-state index < -0.39 is 16.0 Å². The highest BCUT2D eigenvalue weighted by Crippen LogP contribution is 2.23. The van der Waals surface area contributed by atoms with E-state index in [1.807, 2.05) is 0 Å². The lowest BCUT2D eigenvalue weighted by Gasteiger charge is -2.07. The largest absolute Gasteiger partial charge is 0.464 e. The molecule has 2 N–H and O–H groups in total. The van der Waals surface area contributed by atoms with Gasteiger partial charge >= 0.3 is 5.97 Å². The van der Waals surface area contributed by atoms with Crippen molar-refractivity contribution in [1.29, 1.82) is 0 Å². The van der Waals surface area contributed by atoms with E-state index in [-0.39, 0.29) is 16.5 Å². The zero-order valence-electron chi connectivity index (χ0n) is 10.9. The summed E-state index contributed by atoms with van der Waals surface area (Å²) in [7, 11) is -2.78. The van der Waals surface area contributed by atoms with Crippen LogP contribution in [0, 0.1) is 0 Å². The van der Waals surface area contributed by atoms with E-state index in [2.05, 4.69) is 14.4 Å². The van der Waals surface area contributed by atoms with Crippen LogP contribution < -0.4 is 4.72 Å². The number of esters is 1. The summed E-state index contributed by atoms with van der Waals surface area (Å²) in [6.45, 7) is -0.131. The molecule has 1 aromatic carbocycles. The highest BCUT2D eigenvalue weighted by molar-refractivity contribution is 7.94. The van der Waals surface area contributed by atoms with Gasteiger partial charge in [-0.2, -0.15) is 0 Å². The van der Waals surface area contributed by atoms with E-state index in [1.165, 1.54) is 17.6 Å². The Morgan fingerprint density at radius 3 is 2.62 bits per heavy atom. The molecule has 2 aromatic rings. The minimum atomic E-state index is -3.93. The first-order valence-corrected chi connectivity index (χ1v) is 8.08. The SMILES string of the molecule is COC(=O)c1ncsc1S(=O)(=O)Nc1ccc(CO)cc1. The number of nitrogens with zero attached hydrogens (tertiary/aromatic N) is 1. The number of thiazole rings is 1. The maximum absolute atomic E-state index is 12.3. The van der Waals surface area contributed by atoms with Crippen LogP contribution in [0.15, 0.2) is 34.0 Å². The van der Waals surface area contributed by atoms with E-state index in [9.17, 15) is 13.2 Å². The molecule has 21 heavy (non-hydrogen) atoms. The molecule has 0 saturated heterocycles. The number of aliphatic hydroxyl groups is 1. The topological polar surface area (TPSA) is 106 Å². The Morgan fingerprint density at radius 1 is 1.38 bits per heavy atom. The summed E-state index contributed by atoms with van der Waals surface area (Å²) in [4.78, 5) is 15.2. The lowest BCUT2D eigenvalue weighted by atomic mass is 10.2. The number of rotatable bonds is 5. The van der Waals surface area contributed by atoms with Gasteiger partial charge in [0.15, 0.2) is 9.90 Å². The van der Waals surface area contributed by atoms with Crippen LogP contribution in [0.1, 0.15) is 16.1 Å². The second-order valence-corrected chi connectivity index (χ2v) is 6.67. The van der Waals surface area contributed by atoms with Gasteiger partial charge in [0, 0.05) is 5.69 Å². The molecule has 1 heterocycles. The van der Waals surface area contributed by atoms with Crippen LogP contribution in [0.25, 0.3) is 0 Å². The molecule has 0 aliphatic heterocycles. The number of carbonyl (C=O) groups excluding carboxylic acids is 1. The van der Waals surface area contributed by atoms with Gasteiger partial charge in [0.05, 0.1) is 19.2 Å². The van der Waals surface area contributed by atoms with Crippen LogP contribution in [0.3, 0.4) is 0 Å². The van der Waals surface area contributed by atoms with Crippen molar-refractivity contribution in [3.05, 3.63) is 41.0 Å². The van der Waals surface area contributed by atoms with Crippen molar-refractivity contribution in [2.24, 2.45) is 0 Å². The number of anilines is 1. The molecule has 0 atom stereocenters. The van der Waals surface area contributed by atoms with Gasteiger partial charge in [0.1, 0.15) is 0 Å². The van der Waals surface area contributed by atoms with E-state index >= 15 is 0 Å². The molecule has 1 aromatic heterocycles. The lowest BCUT2D eigenvalue weighted by Crippen LogP contribution is -2.16. The van der Waals surface area contributed by atoms with Crippen molar-refractivity contribution in [3.63, 3.8) is 0 Å². The maximum Gasteiger partial charge on any atom is 0.358 e. The van der Waals surface area contributed by atoms with Crippen molar-refractivity contribution in [3.8, 4) is 0 Å². The fourth-order valence-corrected chi connectivity index (χ4v) is 3.73. The molecule has 0 aliphatic rings. The third-order valence-electron chi connectivity index (χ3n) is 2.55. The fraction of sp³-hybridized carbons (Fsp3) is 0.167. The van der Waals surface area contributed by atoms with Gasteiger partial charge in [-0.1, -0.05) is 12.1 Å². The Morgan fingerprint density at radius 2 is 2.05 bits per heavy atom. The summed E-state index contributed by atoms with van der Waals surface area (Å²) in [5.74, 6) is -0.813. The summed E-state index contributed by atoms with van der Waals surface area (Å²) in [5.41, 5.74) is 1.99. The van der Waals surface area contributed by atoms with Crippen molar-refractivity contribution < 1.29 is 23.1 Å². The molecule has 0 amide bonds. The average molecular weight is 328 g/mol. The summed E-state index contributed by atoms with van der Waals surface area (Å²) < 4.78 is 31.2. The zero-order chi connectivity index (χ0) is 15.5. The number of aliphatic hydroxyl groups excluding tert-OH is 1. The number of carbonyl (C=O) groups is 1. The van der Waals surface area contributed by atoms with Gasteiger partial charge < -0.3 is 9.84 Å². The molecule has 0 fully saturated rings. The second-order valence-electron chi connectivity index (χ2n) is 3.94. The maximum atomic E-state index is 12.3. The molecule has 0 spiro atoms. The molecule has 0 unspecified atom stereocenters. The van der Waals surface area contributed by atoms with Gasteiger partial charge in [0.2, 0.25) is 0 Å². The smallest absolute Gasteiger partial charge is 0.358 e. The lowest BCUT2D eigenvalue weighted by molar-refractivity contribution is 0.0590. The summed E-state index contributed by atoms with van der Waals surface area (Å²) in [5, 5.41) is 8.94. The Balaban J connectivity index is 2.30. The van der Waals surface area contributed by atoms with E-state index in [4.69, 9.17) is 5.11 Å². The Hall–Kier alpha value is -1.97. The number of benzene rings is 1. The molecular formula is C12H12N2O5S2.